The molecule has 0 heterocycles. The molecule has 0 amide bonds. The lowest BCUT2D eigenvalue weighted by Gasteiger charge is -2.18. The molecule has 2 atom stereocenters. The maximum Gasteiger partial charge on any atom is 0.191 e. The molecule has 0 radical (unpaired) electrons. The third-order valence-corrected chi connectivity index (χ3v) is 4.01. The third-order valence-electron chi connectivity index (χ3n) is 4.01. The van der Waals surface area contributed by atoms with Gasteiger partial charge in [-0.25, -0.2) is 4.39 Å². The predicted octanol–water partition coefficient (Wildman–Crippen LogP) is 3.54. The Bertz CT molecular complexity index is 699. The number of guanidine groups is 1. The molecule has 2 unspecified atom stereocenters. The summed E-state index contributed by atoms with van der Waals surface area (Å²) in [5.41, 5.74) is 1.06. The van der Waals surface area contributed by atoms with Gasteiger partial charge in [-0.3, -0.25) is 4.99 Å². The van der Waals surface area contributed by atoms with Gasteiger partial charge in [0, 0.05) is 12.5 Å². The van der Waals surface area contributed by atoms with Gasteiger partial charge in [0.2, 0.25) is 0 Å². The number of hydrogen-bond acceptors (Lipinski definition) is 3. The third kappa shape index (κ3) is 8.43. The van der Waals surface area contributed by atoms with E-state index in [-0.39, 0.29) is 48.4 Å². The Morgan fingerprint density at radius 1 is 1.11 bits per heavy atom. The van der Waals surface area contributed by atoms with Gasteiger partial charge in [0.25, 0.3) is 0 Å². The number of aliphatic hydroxyl groups excluding tert-OH is 1. The van der Waals surface area contributed by atoms with Crippen LogP contribution < -0.4 is 15.4 Å². The number of aliphatic imine (C=N–C) groups is 1. The minimum atomic E-state index is -0.286. The van der Waals surface area contributed by atoms with Gasteiger partial charge in [-0.1, -0.05) is 30.3 Å². The van der Waals surface area contributed by atoms with Gasteiger partial charge in [0.15, 0.2) is 5.96 Å². The number of rotatable bonds is 9. The second-order valence-electron chi connectivity index (χ2n) is 6.27. The van der Waals surface area contributed by atoms with Gasteiger partial charge in [0.1, 0.15) is 17.7 Å². The highest BCUT2D eigenvalue weighted by Gasteiger charge is 2.11. The lowest BCUT2D eigenvalue weighted by Crippen LogP contribution is -2.42. The normalized spacial score (nSPS) is 13.2. The maximum atomic E-state index is 13.0. The first-order chi connectivity index (χ1) is 13.1. The Balaban J connectivity index is 0.00000392. The summed E-state index contributed by atoms with van der Waals surface area (Å²) in [7, 11) is 0. The number of hydrogen-bond donors (Lipinski definition) is 3. The standard InChI is InChI=1S/C21H28FN3O2.HI/c1-3-23-21(25-14-18(15-26)17-7-5-4-6-8-17)24-13-16(2)27-20-11-9-19(22)10-12-20;/h4-12,16,18,26H,3,13-15H2,1-2H3,(H2,23,24,25);1H. The van der Waals surface area contributed by atoms with Crippen LogP contribution in [0.4, 0.5) is 4.39 Å². The molecule has 28 heavy (non-hydrogen) atoms. The highest BCUT2D eigenvalue weighted by Crippen LogP contribution is 2.15. The van der Waals surface area contributed by atoms with Crippen LogP contribution in [0.25, 0.3) is 0 Å². The highest BCUT2D eigenvalue weighted by molar-refractivity contribution is 14.0. The molecule has 0 aliphatic carbocycles. The summed E-state index contributed by atoms with van der Waals surface area (Å²) in [6.45, 7) is 5.71. The van der Waals surface area contributed by atoms with Crippen LogP contribution in [0.1, 0.15) is 25.3 Å². The van der Waals surface area contributed by atoms with Crippen LogP contribution in [0.3, 0.4) is 0 Å². The van der Waals surface area contributed by atoms with Crippen molar-refractivity contribution < 1.29 is 14.2 Å². The van der Waals surface area contributed by atoms with E-state index in [0.29, 0.717) is 24.8 Å². The number of nitrogens with one attached hydrogen (secondary N) is 2. The van der Waals surface area contributed by atoms with Crippen LogP contribution in [0.5, 0.6) is 5.75 Å². The quantitative estimate of drug-likeness (QED) is 0.280. The molecular formula is C21H29FIN3O2. The van der Waals surface area contributed by atoms with Gasteiger partial charge in [-0.05, 0) is 43.7 Å². The van der Waals surface area contributed by atoms with Crippen LogP contribution >= 0.6 is 24.0 Å². The molecule has 0 aliphatic heterocycles. The molecule has 0 aliphatic rings. The molecule has 2 aromatic carbocycles. The van der Waals surface area contributed by atoms with Gasteiger partial charge >= 0.3 is 0 Å². The first-order valence-corrected chi connectivity index (χ1v) is 9.22. The van der Waals surface area contributed by atoms with E-state index >= 15 is 0 Å². The monoisotopic (exact) mass is 501 g/mol. The Morgan fingerprint density at radius 2 is 1.79 bits per heavy atom. The summed E-state index contributed by atoms with van der Waals surface area (Å²) in [6, 6.07) is 15.8. The number of aliphatic hydroxyl groups is 1. The molecule has 5 nitrogen and oxygen atoms in total. The fraction of sp³-hybridized carbons (Fsp3) is 0.381. The van der Waals surface area contributed by atoms with Gasteiger partial charge in [-0.15, -0.1) is 24.0 Å². The first-order valence-electron chi connectivity index (χ1n) is 9.22. The van der Waals surface area contributed by atoms with Crippen molar-refractivity contribution in [2.75, 3.05) is 26.2 Å². The van der Waals surface area contributed by atoms with Crippen molar-refractivity contribution in [3.8, 4) is 5.75 Å². The molecule has 0 fully saturated rings. The fourth-order valence-corrected chi connectivity index (χ4v) is 2.56. The van der Waals surface area contributed by atoms with Crippen LogP contribution in [0, 0.1) is 5.82 Å². The molecule has 0 saturated heterocycles. The van der Waals surface area contributed by atoms with Crippen molar-refractivity contribution in [2.24, 2.45) is 4.99 Å². The van der Waals surface area contributed by atoms with Gasteiger partial charge < -0.3 is 20.5 Å². The topological polar surface area (TPSA) is 65.9 Å². The van der Waals surface area contributed by atoms with E-state index in [1.807, 2.05) is 44.2 Å². The summed E-state index contributed by atoms with van der Waals surface area (Å²) < 4.78 is 18.7. The Kier molecular flexibility index (Phi) is 11.5. The maximum absolute atomic E-state index is 13.0. The van der Waals surface area contributed by atoms with Crippen LogP contribution in [-0.4, -0.2) is 43.4 Å². The second kappa shape index (κ2) is 13.3. The van der Waals surface area contributed by atoms with Crippen LogP contribution in [-0.2, 0) is 0 Å². The lowest BCUT2D eigenvalue weighted by molar-refractivity contribution is 0.223. The van der Waals surface area contributed by atoms with E-state index in [4.69, 9.17) is 4.74 Å². The average molecular weight is 501 g/mol. The summed E-state index contributed by atoms with van der Waals surface area (Å²) in [5, 5.41) is 16.1. The molecular weight excluding hydrogens is 472 g/mol. The molecule has 7 heteroatoms. The largest absolute Gasteiger partial charge is 0.489 e. The average Bonchev–Trinajstić information content (AvgIpc) is 2.69. The number of halogens is 2. The summed E-state index contributed by atoms with van der Waals surface area (Å²) in [4.78, 5) is 4.58. The van der Waals surface area contributed by atoms with Crippen molar-refractivity contribution >= 4 is 29.9 Å². The Hall–Kier alpha value is -1.87. The van der Waals surface area contributed by atoms with E-state index in [9.17, 15) is 9.50 Å². The zero-order chi connectivity index (χ0) is 19.5. The van der Waals surface area contributed by atoms with Crippen molar-refractivity contribution in [3.05, 3.63) is 66.0 Å². The van der Waals surface area contributed by atoms with E-state index < -0.39 is 0 Å². The highest BCUT2D eigenvalue weighted by atomic mass is 127. The fourth-order valence-electron chi connectivity index (χ4n) is 2.56. The van der Waals surface area contributed by atoms with Crippen LogP contribution in [0.2, 0.25) is 0 Å². The minimum Gasteiger partial charge on any atom is -0.489 e. The van der Waals surface area contributed by atoms with Gasteiger partial charge in [-0.2, -0.15) is 0 Å². The molecule has 2 rings (SSSR count). The molecule has 154 valence electrons. The van der Waals surface area contributed by atoms with E-state index in [0.717, 1.165) is 12.1 Å². The van der Waals surface area contributed by atoms with Crippen molar-refractivity contribution in [3.63, 3.8) is 0 Å². The van der Waals surface area contributed by atoms with E-state index in [1.165, 1.54) is 12.1 Å². The SMILES string of the molecule is CCNC(=NCC(CO)c1ccccc1)NCC(C)Oc1ccc(F)cc1.I. The molecule has 0 bridgehead atoms. The van der Waals surface area contributed by atoms with Crippen molar-refractivity contribution in [1.82, 2.24) is 10.6 Å². The first kappa shape index (κ1) is 24.2. The Morgan fingerprint density at radius 3 is 2.39 bits per heavy atom. The molecule has 0 spiro atoms. The Labute approximate surface area is 183 Å². The van der Waals surface area contributed by atoms with Crippen molar-refractivity contribution in [2.45, 2.75) is 25.9 Å². The predicted molar refractivity (Wildman–Crippen MR) is 122 cm³/mol. The molecule has 0 aromatic heterocycles. The number of nitrogens with zero attached hydrogens (tertiary/aromatic N) is 1. The zero-order valence-corrected chi connectivity index (χ0v) is 18.6. The molecule has 2 aromatic rings. The van der Waals surface area contributed by atoms with Gasteiger partial charge in [0.05, 0.1) is 19.7 Å². The summed E-state index contributed by atoms with van der Waals surface area (Å²) >= 11 is 0. The summed E-state index contributed by atoms with van der Waals surface area (Å²) in [5.74, 6) is 0.958. The molecule has 3 N–H and O–H groups in total. The van der Waals surface area contributed by atoms with Crippen LogP contribution in [0.15, 0.2) is 59.6 Å². The van der Waals surface area contributed by atoms with Crippen molar-refractivity contribution in [1.29, 1.82) is 0 Å². The lowest BCUT2D eigenvalue weighted by atomic mass is 10.0. The summed E-state index contributed by atoms with van der Waals surface area (Å²) in [6.07, 6.45) is -0.123. The zero-order valence-electron chi connectivity index (χ0n) is 16.3. The van der Waals surface area contributed by atoms with E-state index in [1.54, 1.807) is 12.1 Å². The second-order valence-corrected chi connectivity index (χ2v) is 6.27. The molecule has 0 saturated carbocycles. The smallest absolute Gasteiger partial charge is 0.191 e. The minimum absolute atomic E-state index is 0. The number of ether oxygens (including phenoxy) is 1. The van der Waals surface area contributed by atoms with E-state index in [2.05, 4.69) is 15.6 Å². The number of benzene rings is 2.